The second-order valence-corrected chi connectivity index (χ2v) is 10.9. The van der Waals surface area contributed by atoms with Gasteiger partial charge in [0.15, 0.2) is 8.87 Å². The van der Waals surface area contributed by atoms with Crippen LogP contribution in [-0.4, -0.2) is 37.8 Å². The van der Waals surface area contributed by atoms with E-state index in [0.717, 1.165) is 20.6 Å². The van der Waals surface area contributed by atoms with Crippen LogP contribution in [0.5, 0.6) is 0 Å². The first kappa shape index (κ1) is 16.8. The zero-order valence-electron chi connectivity index (χ0n) is 11.7. The number of rotatable bonds is 4. The largest absolute Gasteiger partial charge is 0.403 e. The molecular weight excluding hydrogens is 425 g/mol. The average molecular weight is 439 g/mol. The number of ether oxygens (including phenoxy) is 1. The third-order valence-electron chi connectivity index (χ3n) is 2.67. The number of fused-ring (bicyclic) bond motifs is 1. The second kappa shape index (κ2) is 5.88. The molecular formula is C13H14INO4S2. The van der Waals surface area contributed by atoms with E-state index < -0.39 is 20.4 Å². The summed E-state index contributed by atoms with van der Waals surface area (Å²) in [7, 11) is -2.30. The van der Waals surface area contributed by atoms with Crippen LogP contribution in [0.1, 0.15) is 29.8 Å². The molecule has 0 bridgehead atoms. The van der Waals surface area contributed by atoms with Gasteiger partial charge in [-0.3, -0.25) is 0 Å². The molecule has 1 aromatic carbocycles. The van der Waals surface area contributed by atoms with Crippen molar-refractivity contribution in [2.24, 2.45) is 4.99 Å². The lowest BCUT2D eigenvalue weighted by Crippen LogP contribution is -2.24. The molecule has 114 valence electrons. The SMILES string of the molecule is CC(C)(CSS(C)(=O)=O)/N=C1\OC(=O)c2cccc(I)c21. The second-order valence-electron chi connectivity index (χ2n) is 5.25. The number of carbonyl (C=O) groups excluding carboxylic acids is 1. The fourth-order valence-corrected chi connectivity index (χ4v) is 4.55. The maximum absolute atomic E-state index is 11.8. The van der Waals surface area contributed by atoms with Crippen molar-refractivity contribution in [1.29, 1.82) is 0 Å². The smallest absolute Gasteiger partial charge is 0.345 e. The number of aliphatic imine (C=N–C) groups is 1. The van der Waals surface area contributed by atoms with Gasteiger partial charge in [0, 0.05) is 15.6 Å². The summed E-state index contributed by atoms with van der Waals surface area (Å²) in [6.07, 6.45) is 1.16. The fourth-order valence-electron chi connectivity index (χ4n) is 1.74. The highest BCUT2D eigenvalue weighted by atomic mass is 127. The Balaban J connectivity index is 2.34. The van der Waals surface area contributed by atoms with Crippen LogP contribution < -0.4 is 0 Å². The van der Waals surface area contributed by atoms with Gasteiger partial charge in [0.05, 0.1) is 16.7 Å². The van der Waals surface area contributed by atoms with Crippen molar-refractivity contribution in [3.63, 3.8) is 0 Å². The van der Waals surface area contributed by atoms with E-state index >= 15 is 0 Å². The molecule has 1 heterocycles. The summed E-state index contributed by atoms with van der Waals surface area (Å²) in [5, 5.41) is 0. The van der Waals surface area contributed by atoms with E-state index in [1.165, 1.54) is 0 Å². The van der Waals surface area contributed by atoms with Gasteiger partial charge < -0.3 is 4.74 Å². The Morgan fingerprint density at radius 2 is 2.05 bits per heavy atom. The summed E-state index contributed by atoms with van der Waals surface area (Å²) in [5.41, 5.74) is 0.511. The number of halogens is 1. The number of nitrogens with zero attached hydrogens (tertiary/aromatic N) is 1. The topological polar surface area (TPSA) is 72.8 Å². The first-order chi connectivity index (χ1) is 9.59. The molecule has 0 aromatic heterocycles. The van der Waals surface area contributed by atoms with Gasteiger partial charge in [-0.25, -0.2) is 18.2 Å². The molecule has 0 unspecified atom stereocenters. The molecule has 1 aliphatic rings. The van der Waals surface area contributed by atoms with Gasteiger partial charge in [-0.05, 0) is 59.4 Å². The van der Waals surface area contributed by atoms with Crippen molar-refractivity contribution in [3.05, 3.63) is 32.9 Å². The lowest BCUT2D eigenvalue weighted by Gasteiger charge is -2.19. The molecule has 21 heavy (non-hydrogen) atoms. The van der Waals surface area contributed by atoms with Crippen molar-refractivity contribution < 1.29 is 17.9 Å². The summed E-state index contributed by atoms with van der Waals surface area (Å²) in [4.78, 5) is 16.3. The quantitative estimate of drug-likeness (QED) is 0.410. The fraction of sp³-hybridized carbons (Fsp3) is 0.385. The third-order valence-corrected chi connectivity index (χ3v) is 6.46. The van der Waals surface area contributed by atoms with Crippen LogP contribution in [0.25, 0.3) is 0 Å². The minimum atomic E-state index is -3.13. The zero-order valence-corrected chi connectivity index (χ0v) is 15.5. The Bertz CT molecular complexity index is 726. The van der Waals surface area contributed by atoms with Gasteiger partial charge in [0.2, 0.25) is 5.90 Å². The number of hydrogen-bond donors (Lipinski definition) is 0. The van der Waals surface area contributed by atoms with Crippen LogP contribution in [-0.2, 0) is 13.6 Å². The maximum atomic E-state index is 11.8. The molecule has 0 fully saturated rings. The summed E-state index contributed by atoms with van der Waals surface area (Å²) in [5.74, 6) is 0.124. The van der Waals surface area contributed by atoms with Gasteiger partial charge in [-0.15, -0.1) is 0 Å². The molecule has 0 amide bonds. The summed E-state index contributed by atoms with van der Waals surface area (Å²) in [6.45, 7) is 3.61. The number of benzene rings is 1. The van der Waals surface area contributed by atoms with Crippen LogP contribution in [0, 0.1) is 3.57 Å². The van der Waals surface area contributed by atoms with E-state index in [1.54, 1.807) is 26.0 Å². The Hall–Kier alpha value is -0.610. The molecule has 0 N–H and O–H groups in total. The van der Waals surface area contributed by atoms with Crippen LogP contribution in [0.4, 0.5) is 0 Å². The Labute approximate surface area is 141 Å². The van der Waals surface area contributed by atoms with E-state index in [0.29, 0.717) is 11.1 Å². The highest BCUT2D eigenvalue weighted by Crippen LogP contribution is 2.28. The van der Waals surface area contributed by atoms with E-state index in [9.17, 15) is 13.2 Å². The Morgan fingerprint density at radius 1 is 1.38 bits per heavy atom. The van der Waals surface area contributed by atoms with Gasteiger partial charge in [-0.1, -0.05) is 6.07 Å². The maximum Gasteiger partial charge on any atom is 0.345 e. The molecule has 1 aromatic rings. The molecule has 1 aliphatic heterocycles. The average Bonchev–Trinajstić information content (AvgIpc) is 2.64. The first-order valence-corrected chi connectivity index (χ1v) is 10.5. The van der Waals surface area contributed by atoms with E-state index in [-0.39, 0.29) is 11.7 Å². The number of esters is 1. The van der Waals surface area contributed by atoms with Crippen LogP contribution in [0.15, 0.2) is 23.2 Å². The van der Waals surface area contributed by atoms with Crippen molar-refractivity contribution in [2.45, 2.75) is 19.4 Å². The molecule has 0 radical (unpaired) electrons. The summed E-state index contributed by atoms with van der Waals surface area (Å²) in [6, 6.07) is 5.35. The van der Waals surface area contributed by atoms with Gasteiger partial charge in [-0.2, -0.15) is 0 Å². The molecule has 2 rings (SSSR count). The van der Waals surface area contributed by atoms with Crippen molar-refractivity contribution in [3.8, 4) is 0 Å². The third kappa shape index (κ3) is 4.19. The van der Waals surface area contributed by atoms with Gasteiger partial charge in [0.25, 0.3) is 0 Å². The number of hydrogen-bond acceptors (Lipinski definition) is 6. The molecule has 5 nitrogen and oxygen atoms in total. The van der Waals surface area contributed by atoms with Crippen LogP contribution in [0.2, 0.25) is 0 Å². The lowest BCUT2D eigenvalue weighted by molar-refractivity contribution is 0.0736. The molecule has 0 spiro atoms. The standard InChI is InChI=1S/C13H14INO4S2/c1-13(2,7-20-21(3,17)18)15-11-10-8(12(16)19-11)5-4-6-9(10)14/h4-6H,7H2,1-3H3/b15-11-. The van der Waals surface area contributed by atoms with E-state index in [2.05, 4.69) is 27.6 Å². The van der Waals surface area contributed by atoms with Gasteiger partial charge in [0.1, 0.15) is 0 Å². The minimum absolute atomic E-state index is 0.263. The lowest BCUT2D eigenvalue weighted by atomic mass is 10.1. The highest BCUT2D eigenvalue weighted by Gasteiger charge is 2.32. The van der Waals surface area contributed by atoms with Gasteiger partial charge >= 0.3 is 5.97 Å². The Kier molecular flexibility index (Phi) is 4.69. The molecule has 8 heteroatoms. The molecule has 0 saturated carbocycles. The molecule has 0 saturated heterocycles. The minimum Gasteiger partial charge on any atom is -0.403 e. The summed E-state index contributed by atoms with van der Waals surface area (Å²) < 4.78 is 28.6. The highest BCUT2D eigenvalue weighted by molar-refractivity contribution is 14.1. The predicted molar refractivity (Wildman–Crippen MR) is 92.5 cm³/mol. The predicted octanol–water partition coefficient (Wildman–Crippen LogP) is 2.68. The molecule has 0 atom stereocenters. The Morgan fingerprint density at radius 3 is 2.67 bits per heavy atom. The monoisotopic (exact) mass is 439 g/mol. The summed E-state index contributed by atoms with van der Waals surface area (Å²) >= 11 is 2.12. The van der Waals surface area contributed by atoms with Crippen molar-refractivity contribution in [2.75, 3.05) is 12.0 Å². The van der Waals surface area contributed by atoms with Crippen molar-refractivity contribution >= 4 is 54.1 Å². The van der Waals surface area contributed by atoms with Crippen LogP contribution >= 0.6 is 33.4 Å². The van der Waals surface area contributed by atoms with Crippen LogP contribution in [0.3, 0.4) is 0 Å². The zero-order chi connectivity index (χ0) is 15.8. The molecule has 0 aliphatic carbocycles. The van der Waals surface area contributed by atoms with E-state index in [1.807, 2.05) is 6.07 Å². The number of carbonyl (C=O) groups is 1. The number of cyclic esters (lactones) is 1. The van der Waals surface area contributed by atoms with E-state index in [4.69, 9.17) is 4.74 Å². The van der Waals surface area contributed by atoms with Crippen molar-refractivity contribution in [1.82, 2.24) is 0 Å². The normalized spacial score (nSPS) is 17.0. The first-order valence-electron chi connectivity index (χ1n) is 6.04.